The van der Waals surface area contributed by atoms with Crippen molar-refractivity contribution in [3.05, 3.63) is 23.8 Å². The van der Waals surface area contributed by atoms with Gasteiger partial charge in [-0.15, -0.1) is 0 Å². The molecule has 0 unspecified atom stereocenters. The number of benzene rings is 1. The van der Waals surface area contributed by atoms with Crippen molar-refractivity contribution in [1.29, 1.82) is 0 Å². The highest BCUT2D eigenvalue weighted by Gasteiger charge is 2.10. The van der Waals surface area contributed by atoms with E-state index in [4.69, 9.17) is 5.73 Å². The fraction of sp³-hybridized carbons (Fsp3) is 0.400. The summed E-state index contributed by atoms with van der Waals surface area (Å²) in [5.41, 5.74) is 7.51. The summed E-state index contributed by atoms with van der Waals surface area (Å²) in [6.07, 6.45) is 0.740. The van der Waals surface area contributed by atoms with Gasteiger partial charge in [0.15, 0.2) is 0 Å². The molecule has 0 spiro atoms. The smallest absolute Gasteiger partial charge is 0.299 e. The maximum atomic E-state index is 11.5. The van der Waals surface area contributed by atoms with E-state index in [0.717, 1.165) is 12.0 Å². The van der Waals surface area contributed by atoms with E-state index in [9.17, 15) is 8.42 Å². The Bertz CT molecular complexity index is 457. The summed E-state index contributed by atoms with van der Waals surface area (Å²) in [5, 5.41) is 0. The normalized spacial score (nSPS) is 11.4. The van der Waals surface area contributed by atoms with Crippen molar-refractivity contribution >= 4 is 21.6 Å². The van der Waals surface area contributed by atoms with Gasteiger partial charge in [-0.25, -0.2) is 0 Å². The first kappa shape index (κ1) is 12.8. The molecule has 0 saturated carbocycles. The zero-order valence-electron chi connectivity index (χ0n) is 9.45. The topological polar surface area (TPSA) is 84.2 Å². The molecule has 0 aliphatic heterocycles. The van der Waals surface area contributed by atoms with Crippen LogP contribution in [0.2, 0.25) is 0 Å². The first-order chi connectivity index (χ1) is 7.44. The van der Waals surface area contributed by atoms with Crippen LogP contribution in [0.5, 0.6) is 0 Å². The fourth-order valence-electron chi connectivity index (χ4n) is 1.19. The van der Waals surface area contributed by atoms with Gasteiger partial charge in [-0.05, 0) is 31.0 Å². The first-order valence-corrected chi connectivity index (χ1v) is 6.56. The van der Waals surface area contributed by atoms with Crippen LogP contribution in [0, 0.1) is 6.92 Å². The lowest BCUT2D eigenvalue weighted by atomic mass is 10.2. The predicted octanol–water partition coefficient (Wildman–Crippen LogP) is 1.23. The lowest BCUT2D eigenvalue weighted by Crippen LogP contribution is -2.30. The Hall–Kier alpha value is -1.27. The summed E-state index contributed by atoms with van der Waals surface area (Å²) in [7, 11) is -3.51. The van der Waals surface area contributed by atoms with Gasteiger partial charge >= 0.3 is 0 Å². The Morgan fingerprint density at radius 1 is 1.38 bits per heavy atom. The van der Waals surface area contributed by atoms with E-state index in [1.54, 1.807) is 18.2 Å². The second-order valence-corrected chi connectivity index (χ2v) is 5.09. The molecule has 0 saturated heterocycles. The van der Waals surface area contributed by atoms with Gasteiger partial charge in [0.25, 0.3) is 10.2 Å². The van der Waals surface area contributed by atoms with E-state index in [0.29, 0.717) is 17.9 Å². The molecular weight excluding hydrogens is 226 g/mol. The number of aryl methyl sites for hydroxylation is 1. The Kier molecular flexibility index (Phi) is 4.14. The van der Waals surface area contributed by atoms with E-state index in [-0.39, 0.29) is 0 Å². The molecule has 6 heteroatoms. The average Bonchev–Trinajstić information content (AvgIpc) is 2.19. The standard InChI is InChI=1S/C10H17N3O2S/c1-3-6-12-16(14,15)13-10-5-4-8(2)7-9(10)11/h4-5,7,12-13H,3,6,11H2,1-2H3. The van der Waals surface area contributed by atoms with Gasteiger partial charge in [0.1, 0.15) is 0 Å². The van der Waals surface area contributed by atoms with Crippen LogP contribution in [0.4, 0.5) is 11.4 Å². The molecule has 1 aromatic carbocycles. The Balaban J connectivity index is 2.80. The third-order valence-electron chi connectivity index (χ3n) is 1.99. The van der Waals surface area contributed by atoms with Crippen molar-refractivity contribution in [2.45, 2.75) is 20.3 Å². The van der Waals surface area contributed by atoms with Crippen molar-refractivity contribution in [3.8, 4) is 0 Å². The molecule has 4 N–H and O–H groups in total. The van der Waals surface area contributed by atoms with Gasteiger partial charge in [-0.3, -0.25) is 4.72 Å². The molecule has 0 aliphatic rings. The van der Waals surface area contributed by atoms with E-state index in [2.05, 4.69) is 9.44 Å². The summed E-state index contributed by atoms with van der Waals surface area (Å²) >= 11 is 0. The third-order valence-corrected chi connectivity index (χ3v) is 3.07. The highest BCUT2D eigenvalue weighted by atomic mass is 32.2. The van der Waals surface area contributed by atoms with Crippen LogP contribution in [0.3, 0.4) is 0 Å². The zero-order valence-corrected chi connectivity index (χ0v) is 10.3. The van der Waals surface area contributed by atoms with Crippen LogP contribution in [0.15, 0.2) is 18.2 Å². The molecule has 0 bridgehead atoms. The highest BCUT2D eigenvalue weighted by Crippen LogP contribution is 2.20. The molecule has 0 heterocycles. The van der Waals surface area contributed by atoms with E-state index in [1.165, 1.54) is 0 Å². The highest BCUT2D eigenvalue weighted by molar-refractivity contribution is 7.90. The van der Waals surface area contributed by atoms with Gasteiger partial charge in [0.2, 0.25) is 0 Å². The Morgan fingerprint density at radius 3 is 2.62 bits per heavy atom. The predicted molar refractivity (Wildman–Crippen MR) is 66.4 cm³/mol. The Labute approximate surface area is 96.2 Å². The number of nitrogens with two attached hydrogens (primary N) is 1. The summed E-state index contributed by atoms with van der Waals surface area (Å²) in [6, 6.07) is 5.17. The number of nitrogen functional groups attached to an aromatic ring is 1. The van der Waals surface area contributed by atoms with Crippen LogP contribution in [-0.4, -0.2) is 15.0 Å². The maximum Gasteiger partial charge on any atom is 0.299 e. The van der Waals surface area contributed by atoms with Crippen LogP contribution < -0.4 is 15.2 Å². The van der Waals surface area contributed by atoms with Crippen LogP contribution in [0.25, 0.3) is 0 Å². The molecule has 0 amide bonds. The van der Waals surface area contributed by atoms with Crippen molar-refractivity contribution in [2.75, 3.05) is 17.0 Å². The maximum absolute atomic E-state index is 11.5. The summed E-state index contributed by atoms with van der Waals surface area (Å²) in [5.74, 6) is 0. The number of anilines is 2. The molecule has 0 fully saturated rings. The monoisotopic (exact) mass is 243 g/mol. The minimum Gasteiger partial charge on any atom is -0.397 e. The van der Waals surface area contributed by atoms with Crippen LogP contribution >= 0.6 is 0 Å². The fourth-order valence-corrected chi connectivity index (χ4v) is 2.21. The average molecular weight is 243 g/mol. The second kappa shape index (κ2) is 5.18. The number of nitrogens with one attached hydrogen (secondary N) is 2. The number of hydrogen-bond acceptors (Lipinski definition) is 3. The summed E-state index contributed by atoms with van der Waals surface area (Å²) in [6.45, 7) is 4.19. The van der Waals surface area contributed by atoms with Gasteiger partial charge < -0.3 is 5.73 Å². The molecule has 1 rings (SSSR count). The molecule has 1 aromatic rings. The minimum atomic E-state index is -3.51. The zero-order chi connectivity index (χ0) is 12.2. The molecule has 90 valence electrons. The number of hydrogen-bond donors (Lipinski definition) is 3. The molecule has 0 atom stereocenters. The lowest BCUT2D eigenvalue weighted by Gasteiger charge is -2.11. The molecule has 5 nitrogen and oxygen atoms in total. The molecular formula is C10H17N3O2S. The largest absolute Gasteiger partial charge is 0.397 e. The van der Waals surface area contributed by atoms with E-state index >= 15 is 0 Å². The van der Waals surface area contributed by atoms with Crippen molar-refractivity contribution in [1.82, 2.24) is 4.72 Å². The van der Waals surface area contributed by atoms with Gasteiger partial charge in [-0.2, -0.15) is 13.1 Å². The SMILES string of the molecule is CCCNS(=O)(=O)Nc1ccc(C)cc1N. The summed E-state index contributed by atoms with van der Waals surface area (Å²) in [4.78, 5) is 0. The van der Waals surface area contributed by atoms with E-state index in [1.807, 2.05) is 13.8 Å². The summed E-state index contributed by atoms with van der Waals surface area (Å²) < 4.78 is 27.8. The van der Waals surface area contributed by atoms with Gasteiger partial charge in [-0.1, -0.05) is 13.0 Å². The number of rotatable bonds is 5. The molecule has 16 heavy (non-hydrogen) atoms. The Morgan fingerprint density at radius 2 is 2.06 bits per heavy atom. The van der Waals surface area contributed by atoms with Crippen LogP contribution in [-0.2, 0) is 10.2 Å². The molecule has 0 aromatic heterocycles. The van der Waals surface area contributed by atoms with Gasteiger partial charge in [0, 0.05) is 6.54 Å². The van der Waals surface area contributed by atoms with Crippen LogP contribution in [0.1, 0.15) is 18.9 Å². The van der Waals surface area contributed by atoms with Gasteiger partial charge in [0.05, 0.1) is 11.4 Å². The molecule has 0 aliphatic carbocycles. The van der Waals surface area contributed by atoms with E-state index < -0.39 is 10.2 Å². The van der Waals surface area contributed by atoms with Crippen molar-refractivity contribution in [2.24, 2.45) is 0 Å². The second-order valence-electron chi connectivity index (χ2n) is 3.59. The lowest BCUT2D eigenvalue weighted by molar-refractivity contribution is 0.586. The third kappa shape index (κ3) is 3.71. The van der Waals surface area contributed by atoms with Crippen molar-refractivity contribution < 1.29 is 8.42 Å². The minimum absolute atomic E-state index is 0.397. The quantitative estimate of drug-likeness (QED) is 0.680. The molecule has 0 radical (unpaired) electrons. The first-order valence-electron chi connectivity index (χ1n) is 5.08. The van der Waals surface area contributed by atoms with Crippen molar-refractivity contribution in [3.63, 3.8) is 0 Å².